The summed E-state index contributed by atoms with van der Waals surface area (Å²) in [6, 6.07) is 7.05. The number of imide groups is 1. The average molecular weight is 687 g/mol. The topological polar surface area (TPSA) is 37.4 Å². The molecule has 0 bridgehead atoms. The van der Waals surface area contributed by atoms with Gasteiger partial charge in [0, 0.05) is 25.9 Å². The molecule has 1 aliphatic rings. The molecule has 0 aliphatic carbocycles. The van der Waals surface area contributed by atoms with E-state index in [0.29, 0.717) is 28.9 Å². The fourth-order valence-corrected chi connectivity index (χ4v) is 7.16. The Morgan fingerprint density at radius 2 is 1.16 bits per heavy atom. The standard InChI is InChI=1S/C24H33Br4NO2/c1-2-3-4-5-6-7-8-9-14-19(25)21(27)22(28)20(26)15-16-29-23(30)17-12-10-11-13-18(17)24(29)31/h10-13,19-22H,2-9,14-16H2,1H3. The lowest BCUT2D eigenvalue weighted by Gasteiger charge is -2.27. The van der Waals surface area contributed by atoms with Crippen molar-refractivity contribution in [1.29, 1.82) is 0 Å². The van der Waals surface area contributed by atoms with E-state index in [4.69, 9.17) is 0 Å². The number of hydrogen-bond acceptors (Lipinski definition) is 2. The van der Waals surface area contributed by atoms with E-state index in [2.05, 4.69) is 70.6 Å². The Morgan fingerprint density at radius 1 is 0.710 bits per heavy atom. The molecule has 0 saturated heterocycles. The number of carbonyl (C=O) groups excluding carboxylic acids is 2. The number of fused-ring (bicyclic) bond motifs is 1. The summed E-state index contributed by atoms with van der Waals surface area (Å²) >= 11 is 15.3. The largest absolute Gasteiger partial charge is 0.274 e. The lowest BCUT2D eigenvalue weighted by molar-refractivity contribution is 0.0652. The minimum atomic E-state index is -0.185. The van der Waals surface area contributed by atoms with Crippen LogP contribution in [0.15, 0.2) is 24.3 Å². The van der Waals surface area contributed by atoms with E-state index in [-0.39, 0.29) is 26.3 Å². The molecule has 31 heavy (non-hydrogen) atoms. The fraction of sp³-hybridized carbons (Fsp3) is 0.667. The second kappa shape index (κ2) is 14.5. The zero-order valence-corrected chi connectivity index (χ0v) is 24.5. The lowest BCUT2D eigenvalue weighted by Crippen LogP contribution is -2.36. The van der Waals surface area contributed by atoms with Gasteiger partial charge in [0.05, 0.1) is 11.1 Å². The van der Waals surface area contributed by atoms with Gasteiger partial charge in [-0.1, -0.05) is 134 Å². The van der Waals surface area contributed by atoms with Crippen molar-refractivity contribution in [2.45, 2.75) is 90.4 Å². The van der Waals surface area contributed by atoms with Crippen LogP contribution < -0.4 is 0 Å². The van der Waals surface area contributed by atoms with E-state index in [1.165, 1.54) is 56.3 Å². The molecule has 2 amide bonds. The van der Waals surface area contributed by atoms with Crippen molar-refractivity contribution in [1.82, 2.24) is 4.90 Å². The van der Waals surface area contributed by atoms with Crippen LogP contribution >= 0.6 is 63.7 Å². The van der Waals surface area contributed by atoms with E-state index in [0.717, 1.165) is 6.42 Å². The van der Waals surface area contributed by atoms with E-state index in [1.54, 1.807) is 24.3 Å². The van der Waals surface area contributed by atoms with E-state index in [9.17, 15) is 9.59 Å². The Balaban J connectivity index is 1.69. The highest BCUT2D eigenvalue weighted by atomic mass is 79.9. The number of unbranched alkanes of at least 4 members (excludes halogenated alkanes) is 7. The van der Waals surface area contributed by atoms with Crippen LogP contribution in [0.25, 0.3) is 0 Å². The van der Waals surface area contributed by atoms with Crippen LogP contribution in [0.1, 0.15) is 91.8 Å². The molecule has 1 aromatic rings. The van der Waals surface area contributed by atoms with Gasteiger partial charge in [-0.2, -0.15) is 0 Å². The number of nitrogens with zero attached hydrogens (tertiary/aromatic N) is 1. The predicted octanol–water partition coefficient (Wildman–Crippen LogP) is 8.26. The zero-order chi connectivity index (χ0) is 22.8. The first kappa shape index (κ1) is 27.5. The van der Waals surface area contributed by atoms with Gasteiger partial charge in [0.15, 0.2) is 0 Å². The van der Waals surface area contributed by atoms with Gasteiger partial charge in [0.2, 0.25) is 0 Å². The average Bonchev–Trinajstić information content (AvgIpc) is 3.02. The van der Waals surface area contributed by atoms with Gasteiger partial charge in [-0.3, -0.25) is 14.5 Å². The van der Waals surface area contributed by atoms with Gasteiger partial charge < -0.3 is 0 Å². The number of alkyl halides is 4. The maximum Gasteiger partial charge on any atom is 0.261 e. The third-order valence-electron chi connectivity index (χ3n) is 5.84. The van der Waals surface area contributed by atoms with Crippen molar-refractivity contribution < 1.29 is 9.59 Å². The SMILES string of the molecule is CCCCCCCCCCC(Br)C(Br)C(Br)C(Br)CCN1C(=O)c2ccccc2C1=O. The molecule has 0 aromatic heterocycles. The Morgan fingerprint density at radius 3 is 1.68 bits per heavy atom. The summed E-state index contributed by atoms with van der Waals surface area (Å²) in [5.41, 5.74) is 1.02. The molecule has 0 saturated carbocycles. The van der Waals surface area contributed by atoms with Crippen molar-refractivity contribution in [3.8, 4) is 0 Å². The summed E-state index contributed by atoms with van der Waals surface area (Å²) in [6.07, 6.45) is 12.4. The van der Waals surface area contributed by atoms with Crippen molar-refractivity contribution in [2.75, 3.05) is 6.54 Å². The minimum Gasteiger partial charge on any atom is -0.274 e. The first-order valence-electron chi connectivity index (χ1n) is 11.4. The first-order valence-corrected chi connectivity index (χ1v) is 15.1. The molecule has 3 nitrogen and oxygen atoms in total. The molecule has 2 rings (SSSR count). The smallest absolute Gasteiger partial charge is 0.261 e. The zero-order valence-electron chi connectivity index (χ0n) is 18.2. The molecule has 7 heteroatoms. The van der Waals surface area contributed by atoms with Gasteiger partial charge in [-0.15, -0.1) is 0 Å². The summed E-state index contributed by atoms with van der Waals surface area (Å²) < 4.78 is 0. The predicted molar refractivity (Wildman–Crippen MR) is 145 cm³/mol. The highest BCUT2D eigenvalue weighted by molar-refractivity contribution is 9.14. The molecule has 0 N–H and O–H groups in total. The van der Waals surface area contributed by atoms with Gasteiger partial charge in [0.1, 0.15) is 0 Å². The van der Waals surface area contributed by atoms with Gasteiger partial charge in [-0.05, 0) is 25.0 Å². The fourth-order valence-electron chi connectivity index (χ4n) is 3.89. The van der Waals surface area contributed by atoms with Crippen LogP contribution in [-0.2, 0) is 0 Å². The van der Waals surface area contributed by atoms with Crippen LogP contribution in [0.3, 0.4) is 0 Å². The molecule has 1 heterocycles. The second-order valence-electron chi connectivity index (χ2n) is 8.28. The summed E-state index contributed by atoms with van der Waals surface area (Å²) in [5, 5.41) is 0. The Hall–Kier alpha value is 0.280. The summed E-state index contributed by atoms with van der Waals surface area (Å²) in [7, 11) is 0. The molecular formula is C24H33Br4NO2. The van der Waals surface area contributed by atoms with Gasteiger partial charge >= 0.3 is 0 Å². The van der Waals surface area contributed by atoms with E-state index >= 15 is 0 Å². The van der Waals surface area contributed by atoms with Crippen molar-refractivity contribution in [2.24, 2.45) is 0 Å². The number of halogens is 4. The third-order valence-corrected chi connectivity index (χ3v) is 12.4. The number of amides is 2. The lowest BCUT2D eigenvalue weighted by atomic mass is 10.0. The minimum absolute atomic E-state index is 0.139. The van der Waals surface area contributed by atoms with Gasteiger partial charge in [0.25, 0.3) is 11.8 Å². The van der Waals surface area contributed by atoms with Crippen LogP contribution in [-0.4, -0.2) is 42.6 Å². The number of rotatable bonds is 15. The maximum absolute atomic E-state index is 12.5. The molecule has 0 radical (unpaired) electrons. The highest BCUT2D eigenvalue weighted by Gasteiger charge is 2.36. The summed E-state index contributed by atoms with van der Waals surface area (Å²) in [4.78, 5) is 27.4. The molecule has 174 valence electrons. The van der Waals surface area contributed by atoms with E-state index < -0.39 is 0 Å². The van der Waals surface area contributed by atoms with Crippen LogP contribution in [0, 0.1) is 0 Å². The van der Waals surface area contributed by atoms with Crippen LogP contribution in [0.4, 0.5) is 0 Å². The van der Waals surface area contributed by atoms with Crippen LogP contribution in [0.5, 0.6) is 0 Å². The number of carbonyl (C=O) groups is 2. The van der Waals surface area contributed by atoms with E-state index in [1.807, 2.05) is 0 Å². The molecule has 4 unspecified atom stereocenters. The normalized spacial score (nSPS) is 17.5. The molecule has 0 fully saturated rings. The molecule has 1 aromatic carbocycles. The van der Waals surface area contributed by atoms with Gasteiger partial charge in [-0.25, -0.2) is 0 Å². The van der Waals surface area contributed by atoms with Crippen LogP contribution in [0.2, 0.25) is 0 Å². The molecule has 0 spiro atoms. The Kier molecular flexibility index (Phi) is 12.9. The first-order chi connectivity index (χ1) is 14.9. The van der Waals surface area contributed by atoms with Crippen molar-refractivity contribution >= 4 is 75.5 Å². The molecule has 1 aliphatic heterocycles. The molecule has 4 atom stereocenters. The maximum atomic E-state index is 12.5. The third kappa shape index (κ3) is 8.22. The van der Waals surface area contributed by atoms with Crippen molar-refractivity contribution in [3.63, 3.8) is 0 Å². The second-order valence-corrected chi connectivity index (χ2v) is 12.7. The highest BCUT2D eigenvalue weighted by Crippen LogP contribution is 2.33. The quantitative estimate of drug-likeness (QED) is 0.106. The van der Waals surface area contributed by atoms with Crippen molar-refractivity contribution in [3.05, 3.63) is 35.4 Å². The Bertz CT molecular complexity index is 680. The number of benzene rings is 1. The summed E-state index contributed by atoms with van der Waals surface area (Å²) in [6.45, 7) is 2.67. The Labute approximate surface area is 221 Å². The number of hydrogen-bond donors (Lipinski definition) is 0. The summed E-state index contributed by atoms with van der Waals surface area (Å²) in [5.74, 6) is -0.371. The molecular weight excluding hydrogens is 654 g/mol. The monoisotopic (exact) mass is 683 g/mol.